The van der Waals surface area contributed by atoms with Crippen LogP contribution in [-0.2, 0) is 14.3 Å². The molecule has 0 aromatic rings. The molecule has 3 N–H and O–H groups in total. The van der Waals surface area contributed by atoms with Crippen molar-refractivity contribution in [2.45, 2.75) is 276 Å². The third kappa shape index (κ3) is 42.0. The van der Waals surface area contributed by atoms with Crippen LogP contribution >= 0.6 is 0 Å². The summed E-state index contributed by atoms with van der Waals surface area (Å²) in [5.74, 6) is -0.0764. The molecule has 0 saturated heterocycles. The first-order valence-corrected chi connectivity index (χ1v) is 24.4. The zero-order chi connectivity index (χ0) is 40.1. The molecule has 2 unspecified atom stereocenters. The summed E-state index contributed by atoms with van der Waals surface area (Å²) in [7, 11) is 0. The molecule has 0 bridgehead atoms. The second-order valence-corrected chi connectivity index (χ2v) is 16.8. The van der Waals surface area contributed by atoms with Crippen LogP contribution in [0.4, 0.5) is 0 Å². The molecule has 0 aromatic carbocycles. The first kappa shape index (κ1) is 53.6. The number of rotatable bonds is 45. The molecule has 6 nitrogen and oxygen atoms in total. The summed E-state index contributed by atoms with van der Waals surface area (Å²) in [5, 5.41) is 23.1. The van der Waals surface area contributed by atoms with Gasteiger partial charge in [-0.05, 0) is 51.4 Å². The first-order chi connectivity index (χ1) is 27.0. The average molecular weight is 778 g/mol. The van der Waals surface area contributed by atoms with Gasteiger partial charge in [0, 0.05) is 12.8 Å². The number of carbonyl (C=O) groups excluding carboxylic acids is 2. The van der Waals surface area contributed by atoms with Gasteiger partial charge >= 0.3 is 5.97 Å². The number of nitrogens with one attached hydrogen (secondary N) is 1. The van der Waals surface area contributed by atoms with Crippen molar-refractivity contribution in [3.63, 3.8) is 0 Å². The highest BCUT2D eigenvalue weighted by molar-refractivity contribution is 5.76. The highest BCUT2D eigenvalue weighted by Crippen LogP contribution is 2.16. The molecule has 0 spiro atoms. The zero-order valence-corrected chi connectivity index (χ0v) is 36.9. The Kier molecular flexibility index (Phi) is 44.2. The van der Waals surface area contributed by atoms with Gasteiger partial charge in [0.05, 0.1) is 25.4 Å². The summed E-state index contributed by atoms with van der Waals surface area (Å²) in [5.41, 5.74) is 0. The summed E-state index contributed by atoms with van der Waals surface area (Å²) in [4.78, 5) is 24.4. The minimum atomic E-state index is -0.674. The quantitative estimate of drug-likeness (QED) is 0.0325. The van der Waals surface area contributed by atoms with Gasteiger partial charge in [-0.2, -0.15) is 0 Å². The van der Waals surface area contributed by atoms with E-state index in [1.54, 1.807) is 0 Å². The molecule has 326 valence electrons. The Bertz CT molecular complexity index is 817. The van der Waals surface area contributed by atoms with Crippen molar-refractivity contribution < 1.29 is 24.5 Å². The second kappa shape index (κ2) is 45.3. The molecule has 55 heavy (non-hydrogen) atoms. The number of aliphatic hydroxyl groups is 2. The topological polar surface area (TPSA) is 95.9 Å². The molecular weight excluding hydrogens is 683 g/mol. The number of unbranched alkanes of at least 4 members (excludes halogenated alkanes) is 32. The van der Waals surface area contributed by atoms with Crippen molar-refractivity contribution in [3.8, 4) is 0 Å². The van der Waals surface area contributed by atoms with Crippen LogP contribution in [0.2, 0.25) is 0 Å². The van der Waals surface area contributed by atoms with E-state index in [0.29, 0.717) is 25.9 Å². The zero-order valence-electron chi connectivity index (χ0n) is 36.9. The smallest absolute Gasteiger partial charge is 0.305 e. The van der Waals surface area contributed by atoms with E-state index in [2.05, 4.69) is 31.3 Å². The lowest BCUT2D eigenvalue weighted by atomic mass is 10.0. The third-order valence-corrected chi connectivity index (χ3v) is 11.3. The summed E-state index contributed by atoms with van der Waals surface area (Å²) >= 11 is 0. The van der Waals surface area contributed by atoms with Gasteiger partial charge in [-0.25, -0.2) is 0 Å². The molecule has 0 rings (SSSR count). The van der Waals surface area contributed by atoms with Crippen LogP contribution in [-0.4, -0.2) is 47.4 Å². The van der Waals surface area contributed by atoms with E-state index in [9.17, 15) is 19.8 Å². The van der Waals surface area contributed by atoms with E-state index in [-0.39, 0.29) is 18.5 Å². The number of hydrogen-bond donors (Lipinski definition) is 3. The average Bonchev–Trinajstić information content (AvgIpc) is 3.18. The van der Waals surface area contributed by atoms with Gasteiger partial charge in [0.2, 0.25) is 5.91 Å². The standard InChI is InChI=1S/C49H95NO5/c1-3-5-7-9-11-13-15-16-17-18-19-23-27-31-35-39-43-49(54)55-44-40-36-32-28-24-20-22-26-30-34-38-42-48(53)50-46(45-51)47(52)41-37-33-29-25-21-14-12-10-8-6-4-2/h17-18,46-47,51-52H,3-16,19-45H2,1-2H3,(H,50,53)/b18-17-. The Morgan fingerprint density at radius 2 is 0.855 bits per heavy atom. The van der Waals surface area contributed by atoms with E-state index < -0.39 is 12.1 Å². The number of amides is 1. The van der Waals surface area contributed by atoms with Gasteiger partial charge in [0.15, 0.2) is 0 Å². The molecule has 2 atom stereocenters. The lowest BCUT2D eigenvalue weighted by Crippen LogP contribution is -2.45. The fourth-order valence-electron chi connectivity index (χ4n) is 7.51. The van der Waals surface area contributed by atoms with E-state index in [4.69, 9.17) is 4.74 Å². The van der Waals surface area contributed by atoms with Crippen molar-refractivity contribution in [2.24, 2.45) is 0 Å². The summed E-state index contributed by atoms with van der Waals surface area (Å²) in [6.45, 7) is 4.89. The number of ether oxygens (including phenoxy) is 1. The van der Waals surface area contributed by atoms with Gasteiger partial charge in [0.25, 0.3) is 0 Å². The molecule has 0 aliphatic carbocycles. The summed E-state index contributed by atoms with van der Waals surface area (Å²) in [6.07, 6.45) is 50.3. The summed E-state index contributed by atoms with van der Waals surface area (Å²) in [6, 6.07) is -0.553. The van der Waals surface area contributed by atoms with Crippen LogP contribution in [0.1, 0.15) is 264 Å². The third-order valence-electron chi connectivity index (χ3n) is 11.3. The Hall–Kier alpha value is -1.40. The van der Waals surface area contributed by atoms with Gasteiger partial charge in [-0.3, -0.25) is 9.59 Å². The predicted molar refractivity (Wildman–Crippen MR) is 237 cm³/mol. The SMILES string of the molecule is CCCCCCCCC/C=C\CCCCCCCC(=O)OCCCCCCCCCCCCCC(=O)NC(CO)C(O)CCCCCCCCCCCCC. The Morgan fingerprint density at radius 1 is 0.491 bits per heavy atom. The van der Waals surface area contributed by atoms with E-state index in [0.717, 1.165) is 57.8 Å². The number of allylic oxidation sites excluding steroid dienone is 2. The minimum Gasteiger partial charge on any atom is -0.466 e. The van der Waals surface area contributed by atoms with Crippen molar-refractivity contribution >= 4 is 11.9 Å². The van der Waals surface area contributed by atoms with Gasteiger partial charge in [-0.15, -0.1) is 0 Å². The van der Waals surface area contributed by atoms with Gasteiger partial charge in [0.1, 0.15) is 0 Å². The van der Waals surface area contributed by atoms with E-state index in [1.165, 1.54) is 173 Å². The van der Waals surface area contributed by atoms with Crippen molar-refractivity contribution in [2.75, 3.05) is 13.2 Å². The Labute approximate surface area is 342 Å². The van der Waals surface area contributed by atoms with Crippen LogP contribution in [0.5, 0.6) is 0 Å². The number of esters is 1. The monoisotopic (exact) mass is 778 g/mol. The molecule has 0 fully saturated rings. The Balaban J connectivity index is 3.45. The van der Waals surface area contributed by atoms with Crippen molar-refractivity contribution in [3.05, 3.63) is 12.2 Å². The minimum absolute atomic E-state index is 0.0212. The maximum atomic E-state index is 12.4. The van der Waals surface area contributed by atoms with Crippen LogP contribution < -0.4 is 5.32 Å². The van der Waals surface area contributed by atoms with E-state index >= 15 is 0 Å². The fraction of sp³-hybridized carbons (Fsp3) is 0.918. The number of carbonyl (C=O) groups is 2. The van der Waals surface area contributed by atoms with Crippen LogP contribution in [0, 0.1) is 0 Å². The van der Waals surface area contributed by atoms with Crippen LogP contribution in [0.15, 0.2) is 12.2 Å². The molecule has 0 aliphatic rings. The largest absolute Gasteiger partial charge is 0.466 e. The Morgan fingerprint density at radius 3 is 1.29 bits per heavy atom. The highest BCUT2D eigenvalue weighted by Gasteiger charge is 2.20. The lowest BCUT2D eigenvalue weighted by molar-refractivity contribution is -0.143. The van der Waals surface area contributed by atoms with Crippen molar-refractivity contribution in [1.29, 1.82) is 0 Å². The maximum absolute atomic E-state index is 12.4. The van der Waals surface area contributed by atoms with Crippen LogP contribution in [0.3, 0.4) is 0 Å². The molecule has 0 radical (unpaired) electrons. The highest BCUT2D eigenvalue weighted by atomic mass is 16.5. The lowest BCUT2D eigenvalue weighted by Gasteiger charge is -2.22. The fourth-order valence-corrected chi connectivity index (χ4v) is 7.51. The van der Waals surface area contributed by atoms with Crippen molar-refractivity contribution in [1.82, 2.24) is 5.32 Å². The van der Waals surface area contributed by atoms with Gasteiger partial charge in [-0.1, -0.05) is 212 Å². The molecule has 0 saturated carbocycles. The normalized spacial score (nSPS) is 12.7. The van der Waals surface area contributed by atoms with Gasteiger partial charge < -0.3 is 20.3 Å². The second-order valence-electron chi connectivity index (χ2n) is 16.8. The number of hydrogen-bond acceptors (Lipinski definition) is 5. The molecule has 0 heterocycles. The maximum Gasteiger partial charge on any atom is 0.305 e. The van der Waals surface area contributed by atoms with Crippen LogP contribution in [0.25, 0.3) is 0 Å². The molecule has 0 aromatic heterocycles. The molecule has 1 amide bonds. The first-order valence-electron chi connectivity index (χ1n) is 24.4. The molecule has 6 heteroatoms. The predicted octanol–water partition coefficient (Wildman–Crippen LogP) is 14.2. The summed E-state index contributed by atoms with van der Waals surface area (Å²) < 4.78 is 5.45. The van der Waals surface area contributed by atoms with E-state index in [1.807, 2.05) is 0 Å². The number of aliphatic hydroxyl groups excluding tert-OH is 2. The molecular formula is C49H95NO5. The molecule has 0 aliphatic heterocycles.